The van der Waals surface area contributed by atoms with Crippen molar-refractivity contribution in [2.45, 2.75) is 32.2 Å². The minimum absolute atomic E-state index is 0.0437. The lowest BCUT2D eigenvalue weighted by Gasteiger charge is -1.98. The van der Waals surface area contributed by atoms with E-state index in [-0.39, 0.29) is 5.37 Å². The van der Waals surface area contributed by atoms with E-state index in [1.165, 1.54) is 0 Å². The molecule has 0 radical (unpaired) electrons. The summed E-state index contributed by atoms with van der Waals surface area (Å²) in [4.78, 5) is 8.53. The zero-order valence-corrected chi connectivity index (χ0v) is 10.9. The highest BCUT2D eigenvalue weighted by molar-refractivity contribution is 7.80. The van der Waals surface area contributed by atoms with Gasteiger partial charge in [-0.2, -0.15) is 12.6 Å². The van der Waals surface area contributed by atoms with E-state index in [0.29, 0.717) is 6.04 Å². The van der Waals surface area contributed by atoms with Gasteiger partial charge < -0.3 is 0 Å². The second kappa shape index (κ2) is 6.48. The van der Waals surface area contributed by atoms with Crippen LogP contribution in [0.15, 0.2) is 34.3 Å². The molecule has 2 nitrogen and oxygen atoms in total. The van der Waals surface area contributed by atoms with Crippen molar-refractivity contribution in [1.82, 2.24) is 0 Å². The highest BCUT2D eigenvalue weighted by atomic mass is 32.1. The Hall–Kier alpha value is -1.09. The number of hydrogen-bond acceptors (Lipinski definition) is 3. The van der Waals surface area contributed by atoms with Crippen LogP contribution in [0.25, 0.3) is 0 Å². The van der Waals surface area contributed by atoms with Crippen LogP contribution in [0.3, 0.4) is 0 Å². The molecule has 3 heteroatoms. The van der Waals surface area contributed by atoms with Gasteiger partial charge in [0.05, 0.1) is 5.37 Å². The van der Waals surface area contributed by atoms with Crippen LogP contribution in [0.4, 0.5) is 0 Å². The molecule has 0 aliphatic heterocycles. The third kappa shape index (κ3) is 5.12. The molecule has 0 saturated carbocycles. The van der Waals surface area contributed by atoms with Gasteiger partial charge in [0.15, 0.2) is 0 Å². The normalized spacial score (nSPS) is 14.1. The number of thiol groups is 1. The van der Waals surface area contributed by atoms with Gasteiger partial charge in [-0.25, -0.2) is 0 Å². The molecule has 1 aromatic carbocycles. The molecule has 0 aliphatic carbocycles. The topological polar surface area (TPSA) is 24.7 Å². The molecule has 86 valence electrons. The maximum atomic E-state index is 4.33. The fourth-order valence-corrected chi connectivity index (χ4v) is 1.16. The van der Waals surface area contributed by atoms with E-state index in [1.807, 2.05) is 43.6 Å². The van der Waals surface area contributed by atoms with E-state index < -0.39 is 0 Å². The first-order chi connectivity index (χ1) is 7.58. The minimum Gasteiger partial charge on any atom is -0.290 e. The molecule has 1 aromatic rings. The molecule has 0 amide bonds. The lowest BCUT2D eigenvalue weighted by atomic mass is 10.1. The third-order valence-corrected chi connectivity index (χ3v) is 2.03. The van der Waals surface area contributed by atoms with Crippen LogP contribution >= 0.6 is 12.6 Å². The number of rotatable bonds is 4. The first-order valence-corrected chi connectivity index (χ1v) is 5.94. The Kier molecular flexibility index (Phi) is 5.26. The Morgan fingerprint density at radius 2 is 1.38 bits per heavy atom. The summed E-state index contributed by atoms with van der Waals surface area (Å²) in [7, 11) is 0. The second-order valence-corrected chi connectivity index (χ2v) is 4.70. The Balaban J connectivity index is 2.68. The lowest BCUT2D eigenvalue weighted by molar-refractivity contribution is 0.841. The van der Waals surface area contributed by atoms with Crippen molar-refractivity contribution in [2.75, 3.05) is 0 Å². The van der Waals surface area contributed by atoms with Gasteiger partial charge in [-0.15, -0.1) is 0 Å². The van der Waals surface area contributed by atoms with Crippen LogP contribution in [0.5, 0.6) is 0 Å². The highest BCUT2D eigenvalue weighted by Gasteiger charge is 1.91. The van der Waals surface area contributed by atoms with Crippen molar-refractivity contribution >= 4 is 25.1 Å². The monoisotopic (exact) mass is 234 g/mol. The molecule has 16 heavy (non-hydrogen) atoms. The third-order valence-electron chi connectivity index (χ3n) is 1.90. The Bertz CT molecular complexity index is 327. The molecule has 0 aliphatic rings. The lowest BCUT2D eigenvalue weighted by Crippen LogP contribution is -1.91. The molecule has 0 spiro atoms. The summed E-state index contributed by atoms with van der Waals surface area (Å²) >= 11 is 4.19. The minimum atomic E-state index is 0.0437. The predicted octanol–water partition coefficient (Wildman–Crippen LogP) is 3.21. The average molecular weight is 234 g/mol. The molecular formula is C13H18N2S. The van der Waals surface area contributed by atoms with Gasteiger partial charge in [0.25, 0.3) is 0 Å². The fraction of sp³-hybridized carbons (Fsp3) is 0.385. The summed E-state index contributed by atoms with van der Waals surface area (Å²) in [6.45, 7) is 6.06. The van der Waals surface area contributed by atoms with Crippen LogP contribution in [-0.2, 0) is 0 Å². The van der Waals surface area contributed by atoms with Gasteiger partial charge in [0.1, 0.15) is 0 Å². The van der Waals surface area contributed by atoms with Crippen LogP contribution in [-0.4, -0.2) is 23.8 Å². The number of nitrogens with zero attached hydrogens (tertiary/aromatic N) is 2. The quantitative estimate of drug-likeness (QED) is 0.611. The summed E-state index contributed by atoms with van der Waals surface area (Å²) in [5.41, 5.74) is 2.20. The molecule has 0 aromatic heterocycles. The zero-order valence-electron chi connectivity index (χ0n) is 9.96. The van der Waals surface area contributed by atoms with E-state index in [2.05, 4.69) is 36.5 Å². The summed E-state index contributed by atoms with van der Waals surface area (Å²) in [5, 5.41) is 0.0437. The Labute approximate surface area is 103 Å². The van der Waals surface area contributed by atoms with E-state index in [4.69, 9.17) is 0 Å². The van der Waals surface area contributed by atoms with E-state index in [0.717, 1.165) is 11.1 Å². The summed E-state index contributed by atoms with van der Waals surface area (Å²) in [6.07, 6.45) is 3.73. The molecule has 0 saturated heterocycles. The van der Waals surface area contributed by atoms with E-state index in [1.54, 1.807) is 0 Å². The van der Waals surface area contributed by atoms with Crippen LogP contribution in [0.2, 0.25) is 0 Å². The van der Waals surface area contributed by atoms with Crippen LogP contribution < -0.4 is 0 Å². The molecule has 0 heterocycles. The van der Waals surface area contributed by atoms with Crippen molar-refractivity contribution in [3.63, 3.8) is 0 Å². The maximum Gasteiger partial charge on any atom is 0.0895 e. The van der Waals surface area contributed by atoms with E-state index in [9.17, 15) is 0 Å². The smallest absolute Gasteiger partial charge is 0.0895 e. The Morgan fingerprint density at radius 1 is 0.938 bits per heavy atom. The van der Waals surface area contributed by atoms with Gasteiger partial charge in [-0.3, -0.25) is 9.98 Å². The van der Waals surface area contributed by atoms with Crippen LogP contribution in [0, 0.1) is 0 Å². The van der Waals surface area contributed by atoms with Gasteiger partial charge in [-0.05, 0) is 31.9 Å². The van der Waals surface area contributed by atoms with Gasteiger partial charge in [-0.1, -0.05) is 24.3 Å². The molecule has 1 unspecified atom stereocenters. The van der Waals surface area contributed by atoms with Crippen molar-refractivity contribution in [3.05, 3.63) is 35.4 Å². The van der Waals surface area contributed by atoms with E-state index >= 15 is 0 Å². The summed E-state index contributed by atoms with van der Waals surface area (Å²) in [6, 6.07) is 8.47. The second-order valence-electron chi connectivity index (χ2n) is 3.95. The average Bonchev–Trinajstić information content (AvgIpc) is 2.25. The van der Waals surface area contributed by atoms with Gasteiger partial charge in [0, 0.05) is 18.5 Å². The first kappa shape index (κ1) is 13.0. The molecule has 1 rings (SSSR count). The molecule has 0 N–H and O–H groups in total. The SMILES string of the molecule is CC(C)N=Cc1ccc(C=NC(C)S)cc1. The van der Waals surface area contributed by atoms with Gasteiger partial charge in [0.2, 0.25) is 0 Å². The molecule has 0 bridgehead atoms. The summed E-state index contributed by atoms with van der Waals surface area (Å²) in [5.74, 6) is 0. The zero-order chi connectivity index (χ0) is 12.0. The van der Waals surface area contributed by atoms with Crippen molar-refractivity contribution < 1.29 is 0 Å². The van der Waals surface area contributed by atoms with Crippen molar-refractivity contribution in [1.29, 1.82) is 0 Å². The van der Waals surface area contributed by atoms with Crippen LogP contribution in [0.1, 0.15) is 31.9 Å². The maximum absolute atomic E-state index is 4.33. The molecule has 1 atom stereocenters. The largest absolute Gasteiger partial charge is 0.290 e. The number of benzene rings is 1. The highest BCUT2D eigenvalue weighted by Crippen LogP contribution is 2.02. The standard InChI is InChI=1S/C13H18N2S/c1-10(2)14-8-12-4-6-13(7-5-12)9-15-11(3)16/h4-11,16H,1-3H3. The predicted molar refractivity (Wildman–Crippen MR) is 75.2 cm³/mol. The molecular weight excluding hydrogens is 216 g/mol. The number of aliphatic imine (C=N–C) groups is 2. The number of hydrogen-bond donors (Lipinski definition) is 1. The Morgan fingerprint density at radius 3 is 1.75 bits per heavy atom. The first-order valence-electron chi connectivity index (χ1n) is 5.42. The van der Waals surface area contributed by atoms with Crippen molar-refractivity contribution in [2.24, 2.45) is 9.98 Å². The molecule has 0 fully saturated rings. The summed E-state index contributed by atoms with van der Waals surface area (Å²) < 4.78 is 0. The van der Waals surface area contributed by atoms with Gasteiger partial charge >= 0.3 is 0 Å². The fourth-order valence-electron chi connectivity index (χ4n) is 1.10. The van der Waals surface area contributed by atoms with Crippen molar-refractivity contribution in [3.8, 4) is 0 Å².